The zero-order chi connectivity index (χ0) is 27.0. The number of non-ortho nitro benzene ring substituents is 1. The van der Waals surface area contributed by atoms with Gasteiger partial charge < -0.3 is 14.2 Å². The second-order valence-electron chi connectivity index (χ2n) is 7.39. The molecule has 0 spiro atoms. The van der Waals surface area contributed by atoms with Crippen molar-refractivity contribution in [3.05, 3.63) is 98.0 Å². The summed E-state index contributed by atoms with van der Waals surface area (Å²) in [4.78, 5) is 22.4. The smallest absolute Gasteiger partial charge is 0.339 e. The molecule has 0 atom stereocenters. The van der Waals surface area contributed by atoms with E-state index in [9.17, 15) is 28.6 Å². The van der Waals surface area contributed by atoms with E-state index in [0.29, 0.717) is 5.56 Å². The van der Waals surface area contributed by atoms with Crippen molar-refractivity contribution < 1.29 is 27.1 Å². The van der Waals surface area contributed by atoms with Crippen LogP contribution in [0.5, 0.6) is 11.5 Å². The lowest BCUT2D eigenvalue weighted by Crippen LogP contribution is -2.23. The van der Waals surface area contributed by atoms with Crippen molar-refractivity contribution >= 4 is 43.7 Å². The van der Waals surface area contributed by atoms with Crippen LogP contribution in [-0.4, -0.2) is 25.9 Å². The van der Waals surface area contributed by atoms with E-state index in [1.54, 1.807) is 6.92 Å². The number of carbonyl (C=O) groups excluding carboxylic acids is 1. The van der Waals surface area contributed by atoms with Crippen molar-refractivity contribution in [3.63, 3.8) is 0 Å². The van der Waals surface area contributed by atoms with Gasteiger partial charge in [0.15, 0.2) is 11.5 Å². The quantitative estimate of drug-likeness (QED) is 0.118. The van der Waals surface area contributed by atoms with Crippen LogP contribution in [0.15, 0.2) is 81.7 Å². The number of ether oxygens (including phenoxy) is 1. The number of nitrogens with one attached hydrogen (secondary N) is 1. The lowest BCUT2D eigenvalue weighted by Gasteiger charge is -2.14. The molecule has 10 nitrogen and oxygen atoms in total. The molecule has 0 saturated carbocycles. The van der Waals surface area contributed by atoms with Gasteiger partial charge in [-0.05, 0) is 58.3 Å². The normalized spacial score (nSPS) is 11.3. The number of carbonyl (C=O) groups is 1. The monoisotopic (exact) mass is 585 g/mol. The summed E-state index contributed by atoms with van der Waals surface area (Å²) in [6.07, 6.45) is 1.33. The minimum absolute atomic E-state index is 0.0131. The summed E-state index contributed by atoms with van der Waals surface area (Å²) in [5.74, 6) is -0.773. The molecule has 0 aliphatic rings. The molecule has 0 radical (unpaired) electrons. The Balaban J connectivity index is 1.90. The van der Waals surface area contributed by atoms with Crippen LogP contribution in [0.25, 0.3) is 6.08 Å². The fourth-order valence-corrected chi connectivity index (χ4v) is 4.76. The molecular formula is C25H20BrN3O7S. The summed E-state index contributed by atoms with van der Waals surface area (Å²) in [6.45, 7) is 2.05. The molecule has 12 heteroatoms. The van der Waals surface area contributed by atoms with Crippen molar-refractivity contribution in [3.8, 4) is 17.6 Å². The highest BCUT2D eigenvalue weighted by Gasteiger charge is 2.24. The number of nitrogens with zero attached hydrogens (tertiary/aromatic N) is 2. The molecule has 0 aliphatic carbocycles. The largest absolute Gasteiger partial charge is 0.490 e. The van der Waals surface area contributed by atoms with Gasteiger partial charge in [0.05, 0.1) is 16.0 Å². The number of nitro benzene ring substituents is 1. The third-order valence-corrected chi connectivity index (χ3v) is 6.62. The molecule has 1 amide bonds. The van der Waals surface area contributed by atoms with Gasteiger partial charge in [-0.15, -0.1) is 0 Å². The fraction of sp³-hybridized carbons (Fsp3) is 0.120. The van der Waals surface area contributed by atoms with E-state index >= 15 is 0 Å². The van der Waals surface area contributed by atoms with Gasteiger partial charge in [-0.1, -0.05) is 36.4 Å². The molecule has 1 N–H and O–H groups in total. The molecule has 3 aromatic rings. The van der Waals surface area contributed by atoms with Gasteiger partial charge in [-0.25, -0.2) is 0 Å². The van der Waals surface area contributed by atoms with Gasteiger partial charge in [0, 0.05) is 18.7 Å². The predicted molar refractivity (Wildman–Crippen MR) is 138 cm³/mol. The second kappa shape index (κ2) is 12.2. The minimum atomic E-state index is -4.47. The minimum Gasteiger partial charge on any atom is -0.490 e. The zero-order valence-corrected chi connectivity index (χ0v) is 21.8. The maximum atomic E-state index is 12.8. The maximum absolute atomic E-state index is 12.8. The summed E-state index contributed by atoms with van der Waals surface area (Å²) in [5, 5.41) is 23.2. The molecule has 3 aromatic carbocycles. The molecule has 0 saturated heterocycles. The molecule has 0 unspecified atom stereocenters. The highest BCUT2D eigenvalue weighted by atomic mass is 79.9. The first-order valence-electron chi connectivity index (χ1n) is 10.7. The van der Waals surface area contributed by atoms with E-state index in [1.807, 2.05) is 36.4 Å². The summed E-state index contributed by atoms with van der Waals surface area (Å²) in [6, 6.07) is 18.3. The highest BCUT2D eigenvalue weighted by molar-refractivity contribution is 9.10. The molecule has 0 heterocycles. The number of nitriles is 1. The molecular weight excluding hydrogens is 566 g/mol. The first-order chi connectivity index (χ1) is 17.6. The summed E-state index contributed by atoms with van der Waals surface area (Å²) in [7, 11) is -4.47. The number of nitro groups is 1. The fourth-order valence-electron chi connectivity index (χ4n) is 3.11. The van der Waals surface area contributed by atoms with Crippen molar-refractivity contribution in [2.75, 3.05) is 6.61 Å². The standard InChI is InChI=1S/C25H20BrN3O7S/c1-2-35-23-13-18(11-19(15-27)25(30)28-16-17-7-4-3-5-8-17)12-22(26)24(23)36-37(33,34)21-10-6-9-20(14-21)29(31)32/h3-14H,2,16H2,1H3,(H,28,30)/b19-11+. The summed E-state index contributed by atoms with van der Waals surface area (Å²) < 4.78 is 36.7. The molecule has 0 aliphatic heterocycles. The van der Waals surface area contributed by atoms with Crippen molar-refractivity contribution in [2.45, 2.75) is 18.4 Å². The molecule has 37 heavy (non-hydrogen) atoms. The Morgan fingerprint density at radius 3 is 2.54 bits per heavy atom. The van der Waals surface area contributed by atoms with Gasteiger partial charge in [-0.3, -0.25) is 14.9 Å². The van der Waals surface area contributed by atoms with E-state index in [1.165, 1.54) is 30.3 Å². The number of halogens is 1. The van der Waals surface area contributed by atoms with Crippen LogP contribution in [0.1, 0.15) is 18.1 Å². The summed E-state index contributed by atoms with van der Waals surface area (Å²) >= 11 is 3.25. The molecule has 0 aromatic heterocycles. The maximum Gasteiger partial charge on any atom is 0.339 e. The number of hydrogen-bond acceptors (Lipinski definition) is 8. The molecule has 0 bridgehead atoms. The van der Waals surface area contributed by atoms with Gasteiger partial charge in [0.25, 0.3) is 11.6 Å². The van der Waals surface area contributed by atoms with Crippen LogP contribution in [0.3, 0.4) is 0 Å². The van der Waals surface area contributed by atoms with Gasteiger partial charge in [0.2, 0.25) is 0 Å². The average Bonchev–Trinajstić information content (AvgIpc) is 2.88. The van der Waals surface area contributed by atoms with Crippen LogP contribution in [0.4, 0.5) is 5.69 Å². The van der Waals surface area contributed by atoms with Crippen molar-refractivity contribution in [2.24, 2.45) is 0 Å². The Morgan fingerprint density at radius 1 is 1.16 bits per heavy atom. The second-order valence-corrected chi connectivity index (χ2v) is 9.79. The Labute approximate surface area is 221 Å². The van der Waals surface area contributed by atoms with E-state index in [0.717, 1.165) is 17.7 Å². The third kappa shape index (κ3) is 7.16. The van der Waals surface area contributed by atoms with E-state index in [2.05, 4.69) is 21.2 Å². The van der Waals surface area contributed by atoms with E-state index in [-0.39, 0.29) is 34.7 Å². The molecule has 0 fully saturated rings. The number of hydrogen-bond donors (Lipinski definition) is 1. The van der Waals surface area contributed by atoms with Crippen LogP contribution in [0.2, 0.25) is 0 Å². The SMILES string of the molecule is CCOc1cc(/C=C(\C#N)C(=O)NCc2ccccc2)cc(Br)c1OS(=O)(=O)c1cccc([N+](=O)[O-])c1. The summed E-state index contributed by atoms with van der Waals surface area (Å²) in [5.41, 5.74) is 0.634. The Morgan fingerprint density at radius 2 is 1.89 bits per heavy atom. The van der Waals surface area contributed by atoms with Crippen LogP contribution in [0, 0.1) is 21.4 Å². The van der Waals surface area contributed by atoms with Crippen LogP contribution in [-0.2, 0) is 21.5 Å². The Bertz CT molecular complexity index is 1500. The predicted octanol–water partition coefficient (Wildman–Crippen LogP) is 4.75. The van der Waals surface area contributed by atoms with Crippen molar-refractivity contribution in [1.29, 1.82) is 5.26 Å². The lowest BCUT2D eigenvalue weighted by molar-refractivity contribution is -0.385. The average molecular weight is 586 g/mol. The van der Waals surface area contributed by atoms with Crippen LogP contribution >= 0.6 is 15.9 Å². The first-order valence-corrected chi connectivity index (χ1v) is 12.9. The number of amides is 1. The van der Waals surface area contributed by atoms with E-state index in [4.69, 9.17) is 8.92 Å². The topological polar surface area (TPSA) is 149 Å². The number of rotatable bonds is 10. The molecule has 3 rings (SSSR count). The van der Waals surface area contributed by atoms with Crippen molar-refractivity contribution in [1.82, 2.24) is 5.32 Å². The zero-order valence-electron chi connectivity index (χ0n) is 19.4. The number of benzene rings is 3. The Kier molecular flexibility index (Phi) is 9.00. The van der Waals surface area contributed by atoms with Crippen LogP contribution < -0.4 is 14.2 Å². The lowest BCUT2D eigenvalue weighted by atomic mass is 10.1. The highest BCUT2D eigenvalue weighted by Crippen LogP contribution is 2.39. The van der Waals surface area contributed by atoms with E-state index < -0.39 is 31.5 Å². The van der Waals surface area contributed by atoms with Gasteiger partial charge >= 0.3 is 10.1 Å². The van der Waals surface area contributed by atoms with Gasteiger partial charge in [0.1, 0.15) is 16.5 Å². The molecule has 190 valence electrons. The first kappa shape index (κ1) is 27.4. The third-order valence-electron chi connectivity index (χ3n) is 4.81. The Hall–Kier alpha value is -4.21. The van der Waals surface area contributed by atoms with Gasteiger partial charge in [-0.2, -0.15) is 13.7 Å².